The first-order valence-electron chi connectivity index (χ1n) is 9.14. The highest BCUT2D eigenvalue weighted by Gasteiger charge is 2.09. The highest BCUT2D eigenvalue weighted by atomic mass is 35.5. The van der Waals surface area contributed by atoms with E-state index in [1.165, 1.54) is 17.8 Å². The van der Waals surface area contributed by atoms with Crippen molar-refractivity contribution in [1.29, 1.82) is 0 Å². The van der Waals surface area contributed by atoms with E-state index in [1.54, 1.807) is 13.0 Å². The topological polar surface area (TPSA) is 80.2 Å². The number of nitrogens with zero attached hydrogens (tertiary/aromatic N) is 1. The van der Waals surface area contributed by atoms with Gasteiger partial charge in [-0.1, -0.05) is 37.6 Å². The molecule has 1 amide bonds. The van der Waals surface area contributed by atoms with Crippen LogP contribution in [0.25, 0.3) is 0 Å². The number of hydrogen-bond donors (Lipinski definition) is 2. The average Bonchev–Trinajstić information content (AvgIpc) is 2.70. The first-order valence-corrected chi connectivity index (χ1v) is 9.52. The first kappa shape index (κ1) is 21.6. The number of aromatic hydroxyl groups is 1. The molecule has 7 heteroatoms. The van der Waals surface area contributed by atoms with Crippen LogP contribution in [0.3, 0.4) is 0 Å². The molecule has 2 aromatic rings. The van der Waals surface area contributed by atoms with Gasteiger partial charge >= 0.3 is 0 Å². The van der Waals surface area contributed by atoms with Crippen LogP contribution in [0.4, 0.5) is 0 Å². The Morgan fingerprint density at radius 1 is 1.25 bits per heavy atom. The van der Waals surface area contributed by atoms with E-state index in [0.29, 0.717) is 23.8 Å². The van der Waals surface area contributed by atoms with E-state index in [4.69, 9.17) is 21.1 Å². The fraction of sp³-hybridized carbons (Fsp3) is 0.333. The van der Waals surface area contributed by atoms with Crippen LogP contribution in [0.15, 0.2) is 41.5 Å². The summed E-state index contributed by atoms with van der Waals surface area (Å²) in [5.41, 5.74) is 4.20. The molecule has 0 fully saturated rings. The van der Waals surface area contributed by atoms with Crippen molar-refractivity contribution in [1.82, 2.24) is 5.43 Å². The molecule has 0 aliphatic rings. The van der Waals surface area contributed by atoms with Gasteiger partial charge in [0.1, 0.15) is 5.75 Å². The fourth-order valence-electron chi connectivity index (χ4n) is 2.42. The smallest absolute Gasteiger partial charge is 0.277 e. The normalized spacial score (nSPS) is 12.0. The molecule has 0 spiro atoms. The third-order valence-electron chi connectivity index (χ3n) is 4.18. The largest absolute Gasteiger partial charge is 0.503 e. The van der Waals surface area contributed by atoms with E-state index >= 15 is 0 Å². The second-order valence-electron chi connectivity index (χ2n) is 6.24. The third kappa shape index (κ3) is 6.16. The molecule has 2 N–H and O–H groups in total. The molecule has 2 aromatic carbocycles. The summed E-state index contributed by atoms with van der Waals surface area (Å²) in [4.78, 5) is 11.9. The molecule has 6 nitrogen and oxygen atoms in total. The van der Waals surface area contributed by atoms with Crippen LogP contribution in [0, 0.1) is 0 Å². The van der Waals surface area contributed by atoms with E-state index in [2.05, 4.69) is 24.4 Å². The Morgan fingerprint density at radius 3 is 2.61 bits per heavy atom. The summed E-state index contributed by atoms with van der Waals surface area (Å²) in [6, 6.07) is 10.8. The van der Waals surface area contributed by atoms with Crippen molar-refractivity contribution in [2.45, 2.75) is 33.1 Å². The lowest BCUT2D eigenvalue weighted by atomic mass is 9.99. The summed E-state index contributed by atoms with van der Waals surface area (Å²) < 4.78 is 10.8. The number of nitrogens with one attached hydrogen (secondary N) is 1. The molecule has 28 heavy (non-hydrogen) atoms. The van der Waals surface area contributed by atoms with Gasteiger partial charge in [-0.15, -0.1) is 0 Å². The lowest BCUT2D eigenvalue weighted by Gasteiger charge is -2.10. The van der Waals surface area contributed by atoms with Gasteiger partial charge in [0, 0.05) is 0 Å². The van der Waals surface area contributed by atoms with Gasteiger partial charge in [0.05, 0.1) is 17.8 Å². The van der Waals surface area contributed by atoms with Crippen molar-refractivity contribution >= 4 is 23.7 Å². The van der Waals surface area contributed by atoms with Crippen molar-refractivity contribution < 1.29 is 19.4 Å². The zero-order valence-electron chi connectivity index (χ0n) is 16.2. The van der Waals surface area contributed by atoms with E-state index in [0.717, 1.165) is 6.42 Å². The number of rotatable bonds is 9. The summed E-state index contributed by atoms with van der Waals surface area (Å²) in [5, 5.41) is 13.8. The zero-order valence-corrected chi connectivity index (χ0v) is 17.0. The molecule has 0 bridgehead atoms. The number of hydrogen-bond acceptors (Lipinski definition) is 5. The maximum absolute atomic E-state index is 11.9. The summed E-state index contributed by atoms with van der Waals surface area (Å²) >= 11 is 5.95. The van der Waals surface area contributed by atoms with Crippen molar-refractivity contribution in [3.8, 4) is 17.2 Å². The number of ether oxygens (including phenoxy) is 2. The SMILES string of the molecule is CCOc1cc(/C=N\NC(=O)COc2ccc(C(C)CC)cc2)cc(Cl)c1O. The Kier molecular flexibility index (Phi) is 8.14. The van der Waals surface area contributed by atoms with E-state index < -0.39 is 5.91 Å². The van der Waals surface area contributed by atoms with Crippen LogP contribution in [-0.2, 0) is 4.79 Å². The number of benzene rings is 2. The zero-order chi connectivity index (χ0) is 20.5. The van der Waals surface area contributed by atoms with E-state index in [-0.39, 0.29) is 23.1 Å². The van der Waals surface area contributed by atoms with Crippen LogP contribution in [0.5, 0.6) is 17.2 Å². The molecule has 0 saturated carbocycles. The quantitative estimate of drug-likeness (QED) is 0.476. The molecule has 0 heterocycles. The van der Waals surface area contributed by atoms with Crippen molar-refractivity contribution in [3.05, 3.63) is 52.5 Å². The number of amides is 1. The predicted octanol–water partition coefficient (Wildman–Crippen LogP) is 4.49. The van der Waals surface area contributed by atoms with Gasteiger partial charge in [-0.3, -0.25) is 4.79 Å². The highest BCUT2D eigenvalue weighted by molar-refractivity contribution is 6.32. The Balaban J connectivity index is 1.87. The minimum Gasteiger partial charge on any atom is -0.503 e. The van der Waals surface area contributed by atoms with Crippen LogP contribution in [0.2, 0.25) is 5.02 Å². The molecular formula is C21H25ClN2O4. The maximum atomic E-state index is 11.9. The monoisotopic (exact) mass is 404 g/mol. The van der Waals surface area contributed by atoms with E-state index in [9.17, 15) is 9.90 Å². The van der Waals surface area contributed by atoms with Crippen LogP contribution in [0.1, 0.15) is 44.2 Å². The molecule has 1 unspecified atom stereocenters. The molecular weight excluding hydrogens is 380 g/mol. The van der Waals surface area contributed by atoms with Gasteiger partial charge in [0.15, 0.2) is 18.1 Å². The average molecular weight is 405 g/mol. The molecule has 0 radical (unpaired) electrons. The van der Waals surface area contributed by atoms with Crippen LogP contribution in [-0.4, -0.2) is 30.4 Å². The molecule has 0 aliphatic heterocycles. The standard InChI is InChI=1S/C21H25ClN2O4/c1-4-14(3)16-6-8-17(9-7-16)28-13-20(25)24-23-12-15-10-18(22)21(26)19(11-15)27-5-2/h6-12,14,26H,4-5,13H2,1-3H3,(H,24,25)/b23-12-. The molecule has 1 atom stereocenters. The predicted molar refractivity (Wildman–Crippen MR) is 111 cm³/mol. The molecule has 0 aliphatic carbocycles. The summed E-state index contributed by atoms with van der Waals surface area (Å²) in [6.45, 7) is 6.34. The minimum atomic E-state index is -0.392. The molecule has 0 saturated heterocycles. The van der Waals surface area contributed by atoms with Crippen LogP contribution >= 0.6 is 11.6 Å². The number of phenols is 1. The molecule has 0 aromatic heterocycles. The second-order valence-corrected chi connectivity index (χ2v) is 6.65. The summed E-state index contributed by atoms with van der Waals surface area (Å²) in [6.07, 6.45) is 2.48. The first-order chi connectivity index (χ1) is 13.4. The van der Waals surface area contributed by atoms with Gasteiger partial charge in [-0.25, -0.2) is 5.43 Å². The molecule has 2 rings (SSSR count). The van der Waals surface area contributed by atoms with Gasteiger partial charge in [-0.05, 0) is 54.7 Å². The number of hydrazone groups is 1. The van der Waals surface area contributed by atoms with Gasteiger partial charge in [-0.2, -0.15) is 5.10 Å². The van der Waals surface area contributed by atoms with Crippen molar-refractivity contribution in [3.63, 3.8) is 0 Å². The van der Waals surface area contributed by atoms with E-state index in [1.807, 2.05) is 24.3 Å². The number of carbonyl (C=O) groups excluding carboxylic acids is 1. The fourth-order valence-corrected chi connectivity index (χ4v) is 2.64. The number of carbonyl (C=O) groups is 1. The lowest BCUT2D eigenvalue weighted by molar-refractivity contribution is -0.123. The maximum Gasteiger partial charge on any atom is 0.277 e. The number of halogens is 1. The Labute approximate surface area is 170 Å². The van der Waals surface area contributed by atoms with Crippen LogP contribution < -0.4 is 14.9 Å². The minimum absolute atomic E-state index is 0.127. The summed E-state index contributed by atoms with van der Waals surface area (Å²) in [7, 11) is 0. The molecule has 150 valence electrons. The highest BCUT2D eigenvalue weighted by Crippen LogP contribution is 2.34. The Bertz CT molecular complexity index is 822. The summed E-state index contributed by atoms with van der Waals surface area (Å²) in [5.74, 6) is 0.850. The van der Waals surface area contributed by atoms with Gasteiger partial charge < -0.3 is 14.6 Å². The van der Waals surface area contributed by atoms with Crippen molar-refractivity contribution in [2.75, 3.05) is 13.2 Å². The second kappa shape index (κ2) is 10.6. The van der Waals surface area contributed by atoms with Gasteiger partial charge in [0.25, 0.3) is 5.91 Å². The number of phenolic OH excluding ortho intramolecular Hbond substituents is 1. The third-order valence-corrected chi connectivity index (χ3v) is 4.47. The lowest BCUT2D eigenvalue weighted by Crippen LogP contribution is -2.24. The Morgan fingerprint density at radius 2 is 1.96 bits per heavy atom. The van der Waals surface area contributed by atoms with Crippen molar-refractivity contribution in [2.24, 2.45) is 5.10 Å². The Hall–Kier alpha value is -2.73. The van der Waals surface area contributed by atoms with Gasteiger partial charge in [0.2, 0.25) is 0 Å².